The summed E-state index contributed by atoms with van der Waals surface area (Å²) in [7, 11) is 0.126. The molecule has 0 fully saturated rings. The monoisotopic (exact) mass is 376 g/mol. The molecule has 1 unspecified atom stereocenters. The third-order valence-electron chi connectivity index (χ3n) is 4.48. The second-order valence-electron chi connectivity index (χ2n) is 6.07. The number of ether oxygens (including phenoxy) is 1. The summed E-state index contributed by atoms with van der Waals surface area (Å²) in [6.07, 6.45) is 0. The van der Waals surface area contributed by atoms with Gasteiger partial charge in [0.25, 0.3) is 0 Å². The Morgan fingerprint density at radius 2 is 1.63 bits per heavy atom. The van der Waals surface area contributed by atoms with Crippen LogP contribution in [0.2, 0.25) is 0 Å². The minimum atomic E-state index is -1.46. The van der Waals surface area contributed by atoms with E-state index in [9.17, 15) is 14.5 Å². The molecule has 1 atom stereocenters. The van der Waals surface area contributed by atoms with Crippen molar-refractivity contribution in [1.29, 1.82) is 0 Å². The lowest BCUT2D eigenvalue weighted by molar-refractivity contribution is 0.104. The van der Waals surface area contributed by atoms with Gasteiger partial charge in [0.2, 0.25) is 0 Å². The molecule has 0 spiro atoms. The van der Waals surface area contributed by atoms with Gasteiger partial charge >= 0.3 is 0 Å². The first-order valence-electron chi connectivity index (χ1n) is 8.34. The van der Waals surface area contributed by atoms with Crippen LogP contribution in [0.3, 0.4) is 0 Å². The van der Waals surface area contributed by atoms with Gasteiger partial charge in [-0.05, 0) is 71.4 Å². The predicted molar refractivity (Wildman–Crippen MR) is 106 cm³/mol. The highest BCUT2D eigenvalue weighted by Gasteiger charge is 2.29. The molecule has 0 aliphatic rings. The van der Waals surface area contributed by atoms with E-state index in [0.29, 0.717) is 37.4 Å². The lowest BCUT2D eigenvalue weighted by Gasteiger charge is -2.05. The molecule has 0 amide bonds. The molecule has 0 saturated heterocycles. The van der Waals surface area contributed by atoms with E-state index in [1.165, 1.54) is 12.1 Å². The minimum Gasteiger partial charge on any atom is -0.590 e. The summed E-state index contributed by atoms with van der Waals surface area (Å²) >= 11 is 0. The Morgan fingerprint density at radius 1 is 0.963 bits per heavy atom. The van der Waals surface area contributed by atoms with Gasteiger partial charge in [0, 0.05) is 11.1 Å². The Kier molecular flexibility index (Phi) is 4.39. The Hall–Kier alpha value is -3.15. The number of phenols is 1. The van der Waals surface area contributed by atoms with Gasteiger partial charge in [-0.25, -0.2) is 0 Å². The van der Waals surface area contributed by atoms with Crippen LogP contribution in [0.1, 0.15) is 15.9 Å². The average Bonchev–Trinajstić information content (AvgIpc) is 3.01. The number of thiophene rings is 1. The molecule has 4 rings (SSSR count). The number of benzene rings is 3. The zero-order valence-electron chi connectivity index (χ0n) is 14.5. The Morgan fingerprint density at radius 3 is 2.30 bits per heavy atom. The lowest BCUT2D eigenvalue weighted by Crippen LogP contribution is -2.02. The number of carbonyl (C=O) groups excluding carboxylic acids is 1. The molecule has 3 aromatic carbocycles. The standard InChI is InChI=1S/C22H16O4S/c1-26-17-12-8-15(9-13-17)22-20(18-4-2-3-5-19(18)27(22)25)21(24)14-6-10-16(23)11-7-14/h2-13,23H,1H3. The number of hydrogen-bond acceptors (Lipinski definition) is 4. The molecule has 0 aliphatic carbocycles. The molecule has 0 bridgehead atoms. The number of methoxy groups -OCH3 is 1. The van der Waals surface area contributed by atoms with Crippen LogP contribution in [0.5, 0.6) is 11.5 Å². The molecule has 0 aliphatic heterocycles. The van der Waals surface area contributed by atoms with Gasteiger partial charge in [-0.2, -0.15) is 0 Å². The van der Waals surface area contributed by atoms with E-state index in [-0.39, 0.29) is 11.5 Å². The fraction of sp³-hybridized carbons (Fsp3) is 0.0455. The molecule has 134 valence electrons. The van der Waals surface area contributed by atoms with Gasteiger partial charge in [-0.3, -0.25) is 4.79 Å². The van der Waals surface area contributed by atoms with Gasteiger partial charge in [0.15, 0.2) is 15.4 Å². The van der Waals surface area contributed by atoms with Crippen molar-refractivity contribution < 1.29 is 19.2 Å². The maximum Gasteiger partial charge on any atom is 0.199 e. The van der Waals surface area contributed by atoms with E-state index in [0.717, 1.165) is 0 Å². The van der Waals surface area contributed by atoms with E-state index < -0.39 is 10.8 Å². The highest BCUT2D eigenvalue weighted by atomic mass is 32.2. The third-order valence-corrected chi connectivity index (χ3v) is 6.04. The zero-order chi connectivity index (χ0) is 19.0. The predicted octanol–water partition coefficient (Wildman–Crippen LogP) is 5.18. The van der Waals surface area contributed by atoms with Crippen LogP contribution in [-0.2, 0) is 0 Å². The van der Waals surface area contributed by atoms with Crippen LogP contribution < -0.4 is 4.74 Å². The highest BCUT2D eigenvalue weighted by molar-refractivity contribution is 7.35. The summed E-state index contributed by atoms with van der Waals surface area (Å²) < 4.78 is 19.0. The van der Waals surface area contributed by atoms with Crippen LogP contribution in [0.15, 0.2) is 72.8 Å². The quantitative estimate of drug-likeness (QED) is 0.394. The van der Waals surface area contributed by atoms with Crippen LogP contribution in [0, 0.1) is 0 Å². The molecular weight excluding hydrogens is 360 g/mol. The average molecular weight is 376 g/mol. The number of aromatic hydroxyl groups is 1. The molecule has 1 N–H and O–H groups in total. The first-order valence-corrected chi connectivity index (χ1v) is 9.48. The van der Waals surface area contributed by atoms with Crippen molar-refractivity contribution in [3.8, 4) is 21.9 Å². The normalized spacial score (nSPS) is 11.6. The smallest absolute Gasteiger partial charge is 0.199 e. The van der Waals surface area contributed by atoms with Gasteiger partial charge in [0.1, 0.15) is 11.5 Å². The highest BCUT2D eigenvalue weighted by Crippen LogP contribution is 2.45. The zero-order valence-corrected chi connectivity index (χ0v) is 15.3. The van der Waals surface area contributed by atoms with Crippen molar-refractivity contribution in [2.75, 3.05) is 7.11 Å². The van der Waals surface area contributed by atoms with E-state index in [4.69, 9.17) is 4.74 Å². The minimum absolute atomic E-state index is 0.0892. The number of hydrogen-bond donors (Lipinski definition) is 1. The van der Waals surface area contributed by atoms with Gasteiger partial charge in [-0.15, -0.1) is 0 Å². The van der Waals surface area contributed by atoms with E-state index in [1.807, 2.05) is 30.3 Å². The number of rotatable bonds is 4. The molecule has 1 heterocycles. The van der Waals surface area contributed by atoms with E-state index in [2.05, 4.69) is 0 Å². The van der Waals surface area contributed by atoms with E-state index in [1.54, 1.807) is 37.4 Å². The molecule has 4 aromatic rings. The molecular formula is C22H16O4S. The van der Waals surface area contributed by atoms with Gasteiger partial charge in [-0.1, -0.05) is 12.1 Å². The van der Waals surface area contributed by atoms with Gasteiger partial charge < -0.3 is 14.4 Å². The van der Waals surface area contributed by atoms with Crippen LogP contribution >= 0.6 is 10.8 Å². The summed E-state index contributed by atoms with van der Waals surface area (Å²) in [5.74, 6) is 0.553. The number of fused-ring (bicyclic) bond motifs is 1. The van der Waals surface area contributed by atoms with Crippen molar-refractivity contribution in [3.05, 3.63) is 83.9 Å². The first-order chi connectivity index (χ1) is 13.1. The van der Waals surface area contributed by atoms with Crippen molar-refractivity contribution in [2.24, 2.45) is 0 Å². The molecule has 27 heavy (non-hydrogen) atoms. The van der Waals surface area contributed by atoms with Crippen LogP contribution in [-0.4, -0.2) is 22.6 Å². The third kappa shape index (κ3) is 2.97. The molecule has 4 nitrogen and oxygen atoms in total. The molecule has 5 heteroatoms. The Balaban J connectivity index is 1.97. The first kappa shape index (κ1) is 17.3. The number of ketones is 1. The van der Waals surface area contributed by atoms with Crippen molar-refractivity contribution >= 4 is 26.6 Å². The summed E-state index contributed by atoms with van der Waals surface area (Å²) in [5, 5.41) is 10.2. The SMILES string of the molecule is COc1ccc(-c2c(C(=O)c3ccc(O)cc3)c3ccccc3[s+]2[O-])cc1. The Bertz CT molecular complexity index is 1130. The second-order valence-corrected chi connectivity index (χ2v) is 7.46. The van der Waals surface area contributed by atoms with Crippen molar-refractivity contribution in [3.63, 3.8) is 0 Å². The summed E-state index contributed by atoms with van der Waals surface area (Å²) in [6, 6.07) is 20.5. The van der Waals surface area contributed by atoms with Crippen LogP contribution in [0.25, 0.3) is 20.5 Å². The molecule has 0 saturated carbocycles. The molecule has 0 radical (unpaired) electrons. The van der Waals surface area contributed by atoms with E-state index >= 15 is 0 Å². The summed E-state index contributed by atoms with van der Waals surface area (Å²) in [6.45, 7) is 0. The summed E-state index contributed by atoms with van der Waals surface area (Å²) in [4.78, 5) is 13.8. The lowest BCUT2D eigenvalue weighted by atomic mass is 9.97. The maximum atomic E-state index is 13.3. The largest absolute Gasteiger partial charge is 0.590 e. The number of phenolic OH excluding ortho intramolecular Hbond substituents is 1. The number of carbonyl (C=O) groups is 1. The molecule has 1 aromatic heterocycles. The van der Waals surface area contributed by atoms with Crippen LogP contribution in [0.4, 0.5) is 0 Å². The fourth-order valence-electron chi connectivity index (χ4n) is 3.14. The van der Waals surface area contributed by atoms with Crippen molar-refractivity contribution in [1.82, 2.24) is 0 Å². The Labute approximate surface area is 159 Å². The topological polar surface area (TPSA) is 69.6 Å². The van der Waals surface area contributed by atoms with Crippen molar-refractivity contribution in [2.45, 2.75) is 0 Å². The second kappa shape index (κ2) is 6.87. The maximum absolute atomic E-state index is 13.3. The fourth-order valence-corrected chi connectivity index (χ4v) is 4.67. The summed E-state index contributed by atoms with van der Waals surface area (Å²) in [5.41, 5.74) is 1.58. The van der Waals surface area contributed by atoms with Gasteiger partial charge in [0.05, 0.1) is 18.1 Å².